The summed E-state index contributed by atoms with van der Waals surface area (Å²) in [4.78, 5) is 14.0. The van der Waals surface area contributed by atoms with Crippen LogP contribution in [0.25, 0.3) is 0 Å². The molecule has 1 aromatic carbocycles. The molecule has 19 heavy (non-hydrogen) atoms. The SMILES string of the molecule is Cc1cc(NCCc2ncon2)c([N+](=O)[O-])cc1F. The second-order valence-corrected chi connectivity index (χ2v) is 3.90. The number of hydrogen-bond donors (Lipinski definition) is 1. The number of aromatic nitrogens is 2. The maximum absolute atomic E-state index is 13.3. The van der Waals surface area contributed by atoms with Gasteiger partial charge in [-0.3, -0.25) is 10.1 Å². The normalized spacial score (nSPS) is 10.4. The van der Waals surface area contributed by atoms with Gasteiger partial charge >= 0.3 is 0 Å². The van der Waals surface area contributed by atoms with Gasteiger partial charge in [-0.15, -0.1) is 0 Å². The number of halogens is 1. The topological polar surface area (TPSA) is 94.1 Å². The lowest BCUT2D eigenvalue weighted by Crippen LogP contribution is -2.08. The maximum atomic E-state index is 13.3. The van der Waals surface area contributed by atoms with Crippen molar-refractivity contribution in [2.75, 3.05) is 11.9 Å². The fourth-order valence-corrected chi connectivity index (χ4v) is 1.58. The third-order valence-corrected chi connectivity index (χ3v) is 2.54. The Balaban J connectivity index is 2.10. The zero-order valence-corrected chi connectivity index (χ0v) is 10.1. The zero-order valence-electron chi connectivity index (χ0n) is 10.1. The van der Waals surface area contributed by atoms with E-state index >= 15 is 0 Å². The van der Waals surface area contributed by atoms with Crippen LogP contribution in [0.5, 0.6) is 0 Å². The van der Waals surface area contributed by atoms with E-state index in [2.05, 4.69) is 20.0 Å². The molecule has 0 amide bonds. The Morgan fingerprint density at radius 1 is 1.53 bits per heavy atom. The molecule has 0 aliphatic heterocycles. The number of hydrogen-bond acceptors (Lipinski definition) is 6. The van der Waals surface area contributed by atoms with E-state index in [-0.39, 0.29) is 11.4 Å². The van der Waals surface area contributed by atoms with Crippen molar-refractivity contribution in [3.8, 4) is 0 Å². The molecule has 0 radical (unpaired) electrons. The molecule has 2 rings (SSSR count). The molecule has 7 nitrogen and oxygen atoms in total. The first-order valence-electron chi connectivity index (χ1n) is 5.51. The van der Waals surface area contributed by atoms with Gasteiger partial charge in [-0.25, -0.2) is 4.39 Å². The Morgan fingerprint density at radius 2 is 2.32 bits per heavy atom. The summed E-state index contributed by atoms with van der Waals surface area (Å²) in [5.74, 6) is -0.107. The number of rotatable bonds is 5. The van der Waals surface area contributed by atoms with E-state index in [1.165, 1.54) is 12.5 Å². The van der Waals surface area contributed by atoms with E-state index in [4.69, 9.17) is 0 Å². The standard InChI is InChI=1S/C11H11FN4O3/c1-7-4-9(10(16(17)18)5-8(7)12)13-3-2-11-14-6-19-15-11/h4-6,13H,2-3H2,1H3. The van der Waals surface area contributed by atoms with Gasteiger partial charge in [0.05, 0.1) is 11.0 Å². The largest absolute Gasteiger partial charge is 0.379 e. The number of nitrogens with one attached hydrogen (secondary N) is 1. The van der Waals surface area contributed by atoms with Crippen LogP contribution in [0.1, 0.15) is 11.4 Å². The van der Waals surface area contributed by atoms with Crippen molar-refractivity contribution in [1.29, 1.82) is 0 Å². The monoisotopic (exact) mass is 266 g/mol. The minimum atomic E-state index is -0.626. The average Bonchev–Trinajstić information content (AvgIpc) is 2.86. The zero-order chi connectivity index (χ0) is 13.8. The number of benzene rings is 1. The quantitative estimate of drug-likeness (QED) is 0.657. The number of aryl methyl sites for hydroxylation is 1. The third kappa shape index (κ3) is 3.03. The lowest BCUT2D eigenvalue weighted by molar-refractivity contribution is -0.384. The van der Waals surface area contributed by atoms with Gasteiger partial charge in [0.2, 0.25) is 6.39 Å². The van der Waals surface area contributed by atoms with Crippen LogP contribution in [0.2, 0.25) is 0 Å². The Kier molecular flexibility index (Phi) is 3.69. The van der Waals surface area contributed by atoms with Gasteiger partial charge in [-0.1, -0.05) is 5.16 Å². The van der Waals surface area contributed by atoms with Crippen LogP contribution in [-0.2, 0) is 6.42 Å². The van der Waals surface area contributed by atoms with Crippen molar-refractivity contribution in [2.45, 2.75) is 13.3 Å². The molecule has 1 N–H and O–H groups in total. The van der Waals surface area contributed by atoms with E-state index in [1.54, 1.807) is 6.92 Å². The van der Waals surface area contributed by atoms with Crippen molar-refractivity contribution in [3.63, 3.8) is 0 Å². The molecule has 0 bridgehead atoms. The summed E-state index contributed by atoms with van der Waals surface area (Å²) in [5, 5.41) is 17.3. The summed E-state index contributed by atoms with van der Waals surface area (Å²) in [6.07, 6.45) is 1.66. The smallest absolute Gasteiger partial charge is 0.295 e. The predicted molar refractivity (Wildman–Crippen MR) is 64.3 cm³/mol. The minimum absolute atomic E-state index is 0.271. The highest BCUT2D eigenvalue weighted by Crippen LogP contribution is 2.27. The Bertz CT molecular complexity index is 586. The summed E-state index contributed by atoms with van der Waals surface area (Å²) < 4.78 is 17.9. The highest BCUT2D eigenvalue weighted by atomic mass is 19.1. The van der Waals surface area contributed by atoms with E-state index in [0.717, 1.165) is 6.07 Å². The summed E-state index contributed by atoms with van der Waals surface area (Å²) in [5.41, 5.74) is 0.316. The molecule has 1 heterocycles. The molecule has 8 heteroatoms. The van der Waals surface area contributed by atoms with Crippen LogP contribution < -0.4 is 5.32 Å². The van der Waals surface area contributed by atoms with Crippen LogP contribution in [0.3, 0.4) is 0 Å². The molecular formula is C11H11FN4O3. The van der Waals surface area contributed by atoms with E-state index in [0.29, 0.717) is 24.4 Å². The predicted octanol–water partition coefficient (Wildman–Crippen LogP) is 2.08. The number of anilines is 1. The first-order valence-corrected chi connectivity index (χ1v) is 5.51. The van der Waals surface area contributed by atoms with Crippen molar-refractivity contribution in [1.82, 2.24) is 10.1 Å². The molecule has 2 aromatic rings. The first kappa shape index (κ1) is 12.9. The lowest BCUT2D eigenvalue weighted by Gasteiger charge is -2.07. The second-order valence-electron chi connectivity index (χ2n) is 3.90. The summed E-state index contributed by atoms with van der Waals surface area (Å²) >= 11 is 0. The average molecular weight is 266 g/mol. The van der Waals surface area contributed by atoms with E-state index in [1.807, 2.05) is 0 Å². The van der Waals surface area contributed by atoms with Gasteiger partial charge in [-0.2, -0.15) is 4.98 Å². The van der Waals surface area contributed by atoms with Gasteiger partial charge in [-0.05, 0) is 18.6 Å². The van der Waals surface area contributed by atoms with E-state index in [9.17, 15) is 14.5 Å². The minimum Gasteiger partial charge on any atom is -0.379 e. The molecule has 0 aliphatic carbocycles. The molecule has 0 atom stereocenters. The Hall–Kier alpha value is -2.51. The van der Waals surface area contributed by atoms with Crippen molar-refractivity contribution >= 4 is 11.4 Å². The first-order chi connectivity index (χ1) is 9.08. The second kappa shape index (κ2) is 5.42. The third-order valence-electron chi connectivity index (χ3n) is 2.54. The van der Waals surface area contributed by atoms with Crippen LogP contribution in [0.15, 0.2) is 23.0 Å². The van der Waals surface area contributed by atoms with Gasteiger partial charge in [0.1, 0.15) is 11.5 Å². The molecule has 0 unspecified atom stereocenters. The van der Waals surface area contributed by atoms with Crippen molar-refractivity contribution < 1.29 is 13.8 Å². The van der Waals surface area contributed by atoms with Crippen LogP contribution in [-0.4, -0.2) is 21.6 Å². The molecule has 0 spiro atoms. The highest BCUT2D eigenvalue weighted by molar-refractivity contribution is 5.63. The molecular weight excluding hydrogens is 255 g/mol. The van der Waals surface area contributed by atoms with Gasteiger partial charge in [0.15, 0.2) is 5.82 Å². The van der Waals surface area contributed by atoms with E-state index < -0.39 is 10.7 Å². The maximum Gasteiger partial charge on any atom is 0.295 e. The van der Waals surface area contributed by atoms with Crippen molar-refractivity contribution in [3.05, 3.63) is 45.8 Å². The Morgan fingerprint density at radius 3 is 2.95 bits per heavy atom. The molecule has 0 saturated carbocycles. The Labute approximate surface area is 107 Å². The van der Waals surface area contributed by atoms with Crippen molar-refractivity contribution in [2.24, 2.45) is 0 Å². The number of nitro benzene ring substituents is 1. The van der Waals surface area contributed by atoms with Gasteiger partial charge < -0.3 is 9.84 Å². The number of nitrogens with zero attached hydrogens (tertiary/aromatic N) is 3. The summed E-state index contributed by atoms with van der Waals surface area (Å²) in [7, 11) is 0. The van der Waals surface area contributed by atoms with Gasteiger partial charge in [0.25, 0.3) is 5.69 Å². The fourth-order valence-electron chi connectivity index (χ4n) is 1.58. The molecule has 1 aromatic heterocycles. The number of nitro groups is 1. The fraction of sp³-hybridized carbons (Fsp3) is 0.273. The van der Waals surface area contributed by atoms with Crippen LogP contribution in [0, 0.1) is 22.9 Å². The molecule has 100 valence electrons. The lowest BCUT2D eigenvalue weighted by atomic mass is 10.1. The molecule has 0 aliphatic rings. The molecule has 0 fully saturated rings. The summed E-state index contributed by atoms with van der Waals surface area (Å²) in [6.45, 7) is 1.93. The summed E-state index contributed by atoms with van der Waals surface area (Å²) in [6, 6.07) is 2.32. The van der Waals surface area contributed by atoms with Gasteiger partial charge in [0, 0.05) is 13.0 Å². The molecule has 0 saturated heterocycles. The van der Waals surface area contributed by atoms with Crippen LogP contribution >= 0.6 is 0 Å². The van der Waals surface area contributed by atoms with Crippen LogP contribution in [0.4, 0.5) is 15.8 Å². The highest BCUT2D eigenvalue weighted by Gasteiger charge is 2.16.